The number of nitrogens with zero attached hydrogens (tertiary/aromatic N) is 5. The van der Waals surface area contributed by atoms with Gasteiger partial charge in [0, 0.05) is 42.9 Å². The molecule has 1 aliphatic rings. The summed E-state index contributed by atoms with van der Waals surface area (Å²) in [6, 6.07) is 13.9. The lowest BCUT2D eigenvalue weighted by molar-refractivity contribution is 0.123. The van der Waals surface area contributed by atoms with Gasteiger partial charge in [-0.1, -0.05) is 12.1 Å². The standard InChI is InChI=1S/C22H21N7OS/c31-22(26-18-2-1-7-23-15-18)25-17-5-3-16(4-6-17)19-14-20(28-10-12-30-13-11-28)21-24-8-9-29(21)27-19/h1-9,14-15H,10-13H2,(H2,25,26,31). The van der Waals surface area contributed by atoms with E-state index in [4.69, 9.17) is 22.1 Å². The summed E-state index contributed by atoms with van der Waals surface area (Å²) in [5.41, 5.74) is 5.56. The molecule has 3 aromatic heterocycles. The number of rotatable bonds is 4. The van der Waals surface area contributed by atoms with Crippen LogP contribution in [0.25, 0.3) is 16.9 Å². The maximum absolute atomic E-state index is 5.50. The predicted octanol–water partition coefficient (Wildman–Crippen LogP) is 3.44. The predicted molar refractivity (Wildman–Crippen MR) is 126 cm³/mol. The van der Waals surface area contributed by atoms with E-state index in [1.54, 1.807) is 18.6 Å². The first-order chi connectivity index (χ1) is 15.3. The molecule has 9 heteroatoms. The Bertz CT molecular complexity index is 1190. The summed E-state index contributed by atoms with van der Waals surface area (Å²) >= 11 is 5.39. The third-order valence-electron chi connectivity index (χ3n) is 5.05. The van der Waals surface area contributed by atoms with E-state index in [2.05, 4.69) is 31.6 Å². The molecule has 0 bridgehead atoms. The molecule has 0 unspecified atom stereocenters. The van der Waals surface area contributed by atoms with E-state index in [0.29, 0.717) is 5.11 Å². The second kappa shape index (κ2) is 8.66. The number of thiocarbonyl (C=S) groups is 1. The Kier molecular flexibility index (Phi) is 5.42. The van der Waals surface area contributed by atoms with E-state index in [9.17, 15) is 0 Å². The highest BCUT2D eigenvalue weighted by molar-refractivity contribution is 7.80. The molecule has 1 aromatic carbocycles. The lowest BCUT2D eigenvalue weighted by Crippen LogP contribution is -2.36. The summed E-state index contributed by atoms with van der Waals surface area (Å²) in [6.07, 6.45) is 7.10. The number of ether oxygens (including phenoxy) is 1. The van der Waals surface area contributed by atoms with Crippen LogP contribution in [0.4, 0.5) is 17.1 Å². The minimum absolute atomic E-state index is 0.508. The van der Waals surface area contributed by atoms with Crippen molar-refractivity contribution in [1.29, 1.82) is 0 Å². The van der Waals surface area contributed by atoms with Crippen molar-refractivity contribution in [2.24, 2.45) is 0 Å². The number of imidazole rings is 1. The van der Waals surface area contributed by atoms with E-state index in [1.165, 1.54) is 0 Å². The topological polar surface area (TPSA) is 79.6 Å². The van der Waals surface area contributed by atoms with Crippen molar-refractivity contribution < 1.29 is 4.74 Å². The van der Waals surface area contributed by atoms with E-state index in [0.717, 1.165) is 60.3 Å². The zero-order valence-corrected chi connectivity index (χ0v) is 17.5. The van der Waals surface area contributed by atoms with Gasteiger partial charge in [-0.15, -0.1) is 0 Å². The molecule has 1 saturated heterocycles. The van der Waals surface area contributed by atoms with Crippen molar-refractivity contribution in [2.75, 3.05) is 41.8 Å². The third-order valence-corrected chi connectivity index (χ3v) is 5.25. The van der Waals surface area contributed by atoms with Crippen LogP contribution in [0.1, 0.15) is 0 Å². The van der Waals surface area contributed by atoms with Crippen LogP contribution in [0.15, 0.2) is 67.3 Å². The highest BCUT2D eigenvalue weighted by Crippen LogP contribution is 2.27. The molecule has 8 nitrogen and oxygen atoms in total. The summed E-state index contributed by atoms with van der Waals surface area (Å²) in [5, 5.41) is 11.6. The first-order valence-electron chi connectivity index (χ1n) is 10.0. The van der Waals surface area contributed by atoms with Crippen molar-refractivity contribution in [3.8, 4) is 11.3 Å². The Hall–Kier alpha value is -3.56. The van der Waals surface area contributed by atoms with Gasteiger partial charge in [0.25, 0.3) is 0 Å². The second-order valence-electron chi connectivity index (χ2n) is 7.11. The Balaban J connectivity index is 1.36. The minimum atomic E-state index is 0.508. The molecule has 31 heavy (non-hydrogen) atoms. The van der Waals surface area contributed by atoms with E-state index in [-0.39, 0.29) is 0 Å². The zero-order valence-electron chi connectivity index (χ0n) is 16.7. The molecule has 5 rings (SSSR count). The molecule has 4 heterocycles. The summed E-state index contributed by atoms with van der Waals surface area (Å²) < 4.78 is 7.33. The molecule has 0 radical (unpaired) electrons. The van der Waals surface area contributed by atoms with Crippen molar-refractivity contribution in [3.63, 3.8) is 0 Å². The first kappa shape index (κ1) is 19.4. The van der Waals surface area contributed by atoms with Crippen molar-refractivity contribution in [1.82, 2.24) is 19.6 Å². The number of pyridine rings is 1. The summed E-state index contributed by atoms with van der Waals surface area (Å²) in [7, 11) is 0. The van der Waals surface area contributed by atoms with Crippen LogP contribution < -0.4 is 15.5 Å². The summed E-state index contributed by atoms with van der Waals surface area (Å²) in [4.78, 5) is 10.9. The first-order valence-corrected chi connectivity index (χ1v) is 10.4. The fourth-order valence-electron chi connectivity index (χ4n) is 3.53. The smallest absolute Gasteiger partial charge is 0.177 e. The largest absolute Gasteiger partial charge is 0.378 e. The van der Waals surface area contributed by atoms with E-state index < -0.39 is 0 Å². The van der Waals surface area contributed by atoms with Crippen LogP contribution in [0.2, 0.25) is 0 Å². The van der Waals surface area contributed by atoms with Gasteiger partial charge in [-0.2, -0.15) is 5.10 Å². The van der Waals surface area contributed by atoms with Crippen molar-refractivity contribution in [3.05, 3.63) is 67.3 Å². The Labute approximate surface area is 184 Å². The van der Waals surface area contributed by atoms with Gasteiger partial charge in [0.15, 0.2) is 10.8 Å². The molecule has 0 amide bonds. The second-order valence-corrected chi connectivity index (χ2v) is 7.52. The van der Waals surface area contributed by atoms with Gasteiger partial charge in [-0.3, -0.25) is 4.98 Å². The molecule has 4 aromatic rings. The van der Waals surface area contributed by atoms with E-state index in [1.807, 2.05) is 47.1 Å². The zero-order chi connectivity index (χ0) is 21.0. The quantitative estimate of drug-likeness (QED) is 0.476. The van der Waals surface area contributed by atoms with Crippen LogP contribution in [0.3, 0.4) is 0 Å². The molecule has 0 atom stereocenters. The molecular formula is C22H21N7OS. The lowest BCUT2D eigenvalue weighted by Gasteiger charge is -2.29. The number of morpholine rings is 1. The van der Waals surface area contributed by atoms with Crippen molar-refractivity contribution in [2.45, 2.75) is 0 Å². The van der Waals surface area contributed by atoms with Gasteiger partial charge >= 0.3 is 0 Å². The molecule has 156 valence electrons. The fraction of sp³-hybridized carbons (Fsp3) is 0.182. The van der Waals surface area contributed by atoms with Crippen LogP contribution in [-0.2, 0) is 4.74 Å². The van der Waals surface area contributed by atoms with Gasteiger partial charge in [0.1, 0.15) is 0 Å². The van der Waals surface area contributed by atoms with Crippen LogP contribution in [-0.4, -0.2) is 51.0 Å². The normalized spacial score (nSPS) is 13.9. The van der Waals surface area contributed by atoms with Crippen LogP contribution >= 0.6 is 12.2 Å². The molecule has 1 aliphatic heterocycles. The summed E-state index contributed by atoms with van der Waals surface area (Å²) in [6.45, 7) is 3.13. The van der Waals surface area contributed by atoms with Gasteiger partial charge < -0.3 is 20.3 Å². The van der Waals surface area contributed by atoms with E-state index >= 15 is 0 Å². The van der Waals surface area contributed by atoms with Gasteiger partial charge in [-0.05, 0) is 42.5 Å². The number of aromatic nitrogens is 4. The lowest BCUT2D eigenvalue weighted by atomic mass is 10.1. The maximum atomic E-state index is 5.50. The Morgan fingerprint density at radius 2 is 1.81 bits per heavy atom. The fourth-order valence-corrected chi connectivity index (χ4v) is 3.77. The molecule has 0 aliphatic carbocycles. The number of hydrogen-bond acceptors (Lipinski definition) is 6. The van der Waals surface area contributed by atoms with Gasteiger partial charge in [0.2, 0.25) is 0 Å². The minimum Gasteiger partial charge on any atom is -0.378 e. The molecule has 2 N–H and O–H groups in total. The van der Waals surface area contributed by atoms with Gasteiger partial charge in [-0.25, -0.2) is 9.50 Å². The highest BCUT2D eigenvalue weighted by Gasteiger charge is 2.17. The average Bonchev–Trinajstić information content (AvgIpc) is 3.29. The monoisotopic (exact) mass is 431 g/mol. The number of anilines is 3. The average molecular weight is 432 g/mol. The molecule has 1 fully saturated rings. The van der Waals surface area contributed by atoms with Crippen LogP contribution in [0.5, 0.6) is 0 Å². The van der Waals surface area contributed by atoms with Gasteiger partial charge in [0.05, 0.1) is 36.5 Å². The molecular weight excluding hydrogens is 410 g/mol. The van der Waals surface area contributed by atoms with Crippen molar-refractivity contribution >= 4 is 40.0 Å². The SMILES string of the molecule is S=C(Nc1ccc(-c2cc(N3CCOCC3)c3nccn3n2)cc1)Nc1cccnc1. The number of fused-ring (bicyclic) bond motifs is 1. The molecule has 0 spiro atoms. The third kappa shape index (κ3) is 4.32. The Morgan fingerprint density at radius 1 is 1.00 bits per heavy atom. The molecule has 0 saturated carbocycles. The van der Waals surface area contributed by atoms with Crippen LogP contribution in [0, 0.1) is 0 Å². The highest BCUT2D eigenvalue weighted by atomic mass is 32.1. The Morgan fingerprint density at radius 3 is 2.58 bits per heavy atom. The summed E-state index contributed by atoms with van der Waals surface area (Å²) in [5.74, 6) is 0. The number of benzene rings is 1. The number of hydrogen-bond donors (Lipinski definition) is 2. The number of nitrogens with one attached hydrogen (secondary N) is 2. The maximum Gasteiger partial charge on any atom is 0.177 e.